The van der Waals surface area contributed by atoms with E-state index in [1.54, 1.807) is 38.6 Å². The van der Waals surface area contributed by atoms with Crippen LogP contribution in [0.15, 0.2) is 48.7 Å². The lowest BCUT2D eigenvalue weighted by atomic mass is 10.1. The van der Waals surface area contributed by atoms with Crippen LogP contribution in [0.5, 0.6) is 11.5 Å². The van der Waals surface area contributed by atoms with Crippen molar-refractivity contribution in [2.24, 2.45) is 0 Å². The number of nitrogens with one attached hydrogen (secondary N) is 2. The number of rotatable bonds is 6. The minimum absolute atomic E-state index is 0.0228. The first-order valence-corrected chi connectivity index (χ1v) is 9.70. The van der Waals surface area contributed by atoms with Gasteiger partial charge in [-0.05, 0) is 43.5 Å². The predicted molar refractivity (Wildman–Crippen MR) is 112 cm³/mol. The van der Waals surface area contributed by atoms with Gasteiger partial charge in [-0.1, -0.05) is 18.2 Å². The summed E-state index contributed by atoms with van der Waals surface area (Å²) in [6, 6.07) is 13.1. The number of carbonyl (C=O) groups excluding carboxylic acids is 1. The molecule has 0 radical (unpaired) electrons. The molecule has 0 unspecified atom stereocenters. The molecule has 1 aromatic heterocycles. The zero-order valence-electron chi connectivity index (χ0n) is 16.5. The minimum atomic E-state index is -0.206. The standard InChI is InChI=1S/C22H24N4O3/c1-28-18-11-6-12-19(29-2)21(18)22(27)26-17-10-5-9-16(17)25-20-13-23-14-7-3-4-8-15(14)24-20/h3-4,6-8,11-13,16-17H,5,9-10H2,1-2H3,(H,24,25)(H,26,27)/t16-,17+/m0/s1. The summed E-state index contributed by atoms with van der Waals surface area (Å²) in [6.07, 6.45) is 4.60. The van der Waals surface area contributed by atoms with Gasteiger partial charge in [-0.2, -0.15) is 0 Å². The highest BCUT2D eigenvalue weighted by atomic mass is 16.5. The number of amides is 1. The Morgan fingerprint density at radius 2 is 1.66 bits per heavy atom. The monoisotopic (exact) mass is 392 g/mol. The molecule has 4 rings (SSSR count). The van der Waals surface area contributed by atoms with E-state index in [1.807, 2.05) is 24.3 Å². The maximum atomic E-state index is 13.0. The van der Waals surface area contributed by atoms with E-state index in [-0.39, 0.29) is 18.0 Å². The summed E-state index contributed by atoms with van der Waals surface area (Å²) >= 11 is 0. The molecule has 0 saturated heterocycles. The van der Waals surface area contributed by atoms with E-state index >= 15 is 0 Å². The molecule has 1 aliphatic rings. The summed E-state index contributed by atoms with van der Waals surface area (Å²) in [5.74, 6) is 1.49. The number of methoxy groups -OCH3 is 2. The van der Waals surface area contributed by atoms with Crippen LogP contribution in [0.1, 0.15) is 29.6 Å². The largest absolute Gasteiger partial charge is 0.496 e. The van der Waals surface area contributed by atoms with Crippen molar-refractivity contribution in [3.63, 3.8) is 0 Å². The molecule has 2 atom stereocenters. The predicted octanol–water partition coefficient (Wildman–Crippen LogP) is 3.41. The number of anilines is 1. The maximum Gasteiger partial charge on any atom is 0.259 e. The fourth-order valence-corrected chi connectivity index (χ4v) is 3.84. The number of hydrogen-bond acceptors (Lipinski definition) is 6. The molecule has 2 aromatic carbocycles. The van der Waals surface area contributed by atoms with E-state index in [1.165, 1.54) is 0 Å². The highest BCUT2D eigenvalue weighted by Crippen LogP contribution is 2.29. The Balaban J connectivity index is 1.51. The summed E-state index contributed by atoms with van der Waals surface area (Å²) in [4.78, 5) is 22.1. The van der Waals surface area contributed by atoms with Gasteiger partial charge in [0.15, 0.2) is 0 Å². The van der Waals surface area contributed by atoms with Crippen LogP contribution in [0, 0.1) is 0 Å². The molecule has 0 spiro atoms. The molecule has 0 aliphatic heterocycles. The van der Waals surface area contributed by atoms with Gasteiger partial charge in [-0.3, -0.25) is 9.78 Å². The molecule has 7 heteroatoms. The summed E-state index contributed by atoms with van der Waals surface area (Å²) in [7, 11) is 3.09. The number of hydrogen-bond donors (Lipinski definition) is 2. The van der Waals surface area contributed by atoms with Gasteiger partial charge in [0, 0.05) is 12.1 Å². The molecule has 3 aromatic rings. The molecule has 0 bridgehead atoms. The first kappa shape index (κ1) is 19.0. The average Bonchev–Trinajstić information content (AvgIpc) is 3.19. The fraction of sp³-hybridized carbons (Fsp3) is 0.318. The Morgan fingerprint density at radius 3 is 2.38 bits per heavy atom. The van der Waals surface area contributed by atoms with Gasteiger partial charge < -0.3 is 20.1 Å². The first-order valence-electron chi connectivity index (χ1n) is 9.70. The normalized spacial score (nSPS) is 18.4. The Morgan fingerprint density at radius 1 is 0.966 bits per heavy atom. The highest BCUT2D eigenvalue weighted by Gasteiger charge is 2.30. The molecular weight excluding hydrogens is 368 g/mol. The molecule has 150 valence electrons. The summed E-state index contributed by atoms with van der Waals surface area (Å²) < 4.78 is 10.7. The third-order valence-corrected chi connectivity index (χ3v) is 5.27. The summed E-state index contributed by atoms with van der Waals surface area (Å²) in [6.45, 7) is 0. The van der Waals surface area contributed by atoms with Crippen LogP contribution in [0.3, 0.4) is 0 Å². The number of nitrogens with zero attached hydrogens (tertiary/aromatic N) is 2. The third kappa shape index (κ3) is 3.94. The van der Waals surface area contributed by atoms with Crippen molar-refractivity contribution >= 4 is 22.8 Å². The van der Waals surface area contributed by atoms with Gasteiger partial charge in [0.2, 0.25) is 0 Å². The quantitative estimate of drug-likeness (QED) is 0.669. The molecule has 29 heavy (non-hydrogen) atoms. The summed E-state index contributed by atoms with van der Waals surface area (Å²) in [5, 5.41) is 6.59. The number of para-hydroxylation sites is 2. The topological polar surface area (TPSA) is 85.4 Å². The van der Waals surface area contributed by atoms with E-state index in [4.69, 9.17) is 9.47 Å². The van der Waals surface area contributed by atoms with Crippen LogP contribution in [0.25, 0.3) is 11.0 Å². The molecule has 2 N–H and O–H groups in total. The van der Waals surface area contributed by atoms with E-state index in [9.17, 15) is 4.79 Å². The second kappa shape index (κ2) is 8.34. The van der Waals surface area contributed by atoms with E-state index < -0.39 is 0 Å². The van der Waals surface area contributed by atoms with E-state index in [2.05, 4.69) is 20.6 Å². The number of aromatic nitrogens is 2. The van der Waals surface area contributed by atoms with Crippen LogP contribution in [0.2, 0.25) is 0 Å². The number of ether oxygens (including phenoxy) is 2. The van der Waals surface area contributed by atoms with Crippen LogP contribution in [0.4, 0.5) is 5.82 Å². The van der Waals surface area contributed by atoms with Crippen molar-refractivity contribution < 1.29 is 14.3 Å². The Kier molecular flexibility index (Phi) is 5.46. The van der Waals surface area contributed by atoms with Gasteiger partial charge in [0.1, 0.15) is 22.9 Å². The van der Waals surface area contributed by atoms with Crippen molar-refractivity contribution in [2.75, 3.05) is 19.5 Å². The number of carbonyl (C=O) groups is 1. The molecule has 1 saturated carbocycles. The van der Waals surface area contributed by atoms with Crippen molar-refractivity contribution in [1.29, 1.82) is 0 Å². The lowest BCUT2D eigenvalue weighted by Crippen LogP contribution is -2.43. The third-order valence-electron chi connectivity index (χ3n) is 5.27. The Bertz CT molecular complexity index is 1000. The molecule has 1 heterocycles. The van der Waals surface area contributed by atoms with Gasteiger partial charge in [0.05, 0.1) is 31.4 Å². The smallest absolute Gasteiger partial charge is 0.259 e. The minimum Gasteiger partial charge on any atom is -0.496 e. The number of fused-ring (bicyclic) bond motifs is 1. The van der Waals surface area contributed by atoms with Gasteiger partial charge in [-0.15, -0.1) is 0 Å². The second-order valence-corrected chi connectivity index (χ2v) is 7.04. The molecular formula is C22H24N4O3. The van der Waals surface area contributed by atoms with Crippen LogP contribution < -0.4 is 20.1 Å². The molecule has 1 aliphatic carbocycles. The van der Waals surface area contributed by atoms with Crippen LogP contribution in [-0.2, 0) is 0 Å². The SMILES string of the molecule is COc1cccc(OC)c1C(=O)N[C@@H]1CCC[C@@H]1Nc1cnc2ccccc2n1. The average molecular weight is 392 g/mol. The number of benzene rings is 2. The lowest BCUT2D eigenvalue weighted by molar-refractivity contribution is 0.0929. The van der Waals surface area contributed by atoms with Crippen molar-refractivity contribution in [3.05, 3.63) is 54.2 Å². The zero-order valence-corrected chi connectivity index (χ0v) is 16.5. The highest BCUT2D eigenvalue weighted by molar-refractivity contribution is 6.00. The van der Waals surface area contributed by atoms with Gasteiger partial charge >= 0.3 is 0 Å². The van der Waals surface area contributed by atoms with Crippen molar-refractivity contribution in [1.82, 2.24) is 15.3 Å². The first-order chi connectivity index (χ1) is 14.2. The molecule has 1 amide bonds. The molecule has 1 fully saturated rings. The maximum absolute atomic E-state index is 13.0. The Hall–Kier alpha value is -3.35. The van der Waals surface area contributed by atoms with Gasteiger partial charge in [0.25, 0.3) is 5.91 Å². The van der Waals surface area contributed by atoms with E-state index in [0.29, 0.717) is 22.9 Å². The van der Waals surface area contributed by atoms with Crippen molar-refractivity contribution in [2.45, 2.75) is 31.3 Å². The van der Waals surface area contributed by atoms with Gasteiger partial charge in [-0.25, -0.2) is 4.98 Å². The Labute approximate surface area is 169 Å². The van der Waals surface area contributed by atoms with Crippen molar-refractivity contribution in [3.8, 4) is 11.5 Å². The van der Waals surface area contributed by atoms with Crippen LogP contribution >= 0.6 is 0 Å². The fourth-order valence-electron chi connectivity index (χ4n) is 3.84. The lowest BCUT2D eigenvalue weighted by Gasteiger charge is -2.23. The molecule has 7 nitrogen and oxygen atoms in total. The van der Waals surface area contributed by atoms with Crippen LogP contribution in [-0.4, -0.2) is 42.2 Å². The zero-order chi connectivity index (χ0) is 20.2. The van der Waals surface area contributed by atoms with E-state index in [0.717, 1.165) is 30.3 Å². The second-order valence-electron chi connectivity index (χ2n) is 7.04. The summed E-state index contributed by atoms with van der Waals surface area (Å²) in [5.41, 5.74) is 2.11.